The van der Waals surface area contributed by atoms with E-state index < -0.39 is 0 Å². The monoisotopic (exact) mass is 185 g/mol. The second-order valence-electron chi connectivity index (χ2n) is 3.26. The van der Waals surface area contributed by atoms with Gasteiger partial charge in [-0.25, -0.2) is 0 Å². The molecule has 1 aliphatic rings. The first-order valence-electron chi connectivity index (χ1n) is 4.86. The molecule has 4 nitrogen and oxygen atoms in total. The van der Waals surface area contributed by atoms with Gasteiger partial charge >= 0.3 is 0 Å². The van der Waals surface area contributed by atoms with E-state index in [1.165, 1.54) is 6.42 Å². The first kappa shape index (κ1) is 10.3. The van der Waals surface area contributed by atoms with Gasteiger partial charge in [0.2, 0.25) is 0 Å². The largest absolute Gasteiger partial charge is 0.376 e. The Morgan fingerprint density at radius 1 is 1.69 bits per heavy atom. The predicted molar refractivity (Wildman–Crippen MR) is 53.8 cm³/mol. The predicted octanol–water partition coefficient (Wildman–Crippen LogP) is 0.432. The quantitative estimate of drug-likeness (QED) is 0.512. The van der Waals surface area contributed by atoms with Crippen molar-refractivity contribution in [1.82, 2.24) is 4.90 Å². The summed E-state index contributed by atoms with van der Waals surface area (Å²) in [5.41, 5.74) is 5.73. The molecule has 76 valence electrons. The average molecular weight is 185 g/mol. The summed E-state index contributed by atoms with van der Waals surface area (Å²) in [6, 6.07) is 0. The number of nitrogens with zero attached hydrogens (tertiary/aromatic N) is 2. The molecule has 0 amide bonds. The van der Waals surface area contributed by atoms with Gasteiger partial charge in [0.25, 0.3) is 0 Å². The van der Waals surface area contributed by atoms with Crippen molar-refractivity contribution in [3.05, 3.63) is 0 Å². The van der Waals surface area contributed by atoms with Crippen LogP contribution in [-0.2, 0) is 4.74 Å². The maximum atomic E-state index is 5.73. The van der Waals surface area contributed by atoms with E-state index in [2.05, 4.69) is 16.8 Å². The minimum atomic E-state index is 0.347. The molecule has 4 heteroatoms. The molecule has 0 radical (unpaired) electrons. The zero-order chi connectivity index (χ0) is 9.68. The lowest BCUT2D eigenvalue weighted by Crippen LogP contribution is -2.41. The van der Waals surface area contributed by atoms with Crippen LogP contribution in [0.5, 0.6) is 0 Å². The van der Waals surface area contributed by atoms with Crippen molar-refractivity contribution in [1.29, 1.82) is 0 Å². The molecule has 2 N–H and O–H groups in total. The van der Waals surface area contributed by atoms with Gasteiger partial charge in [-0.15, -0.1) is 0 Å². The molecule has 0 aliphatic carbocycles. The van der Waals surface area contributed by atoms with Crippen molar-refractivity contribution in [3.8, 4) is 0 Å². The molecule has 0 saturated carbocycles. The molecule has 1 atom stereocenters. The van der Waals surface area contributed by atoms with Crippen molar-refractivity contribution in [2.24, 2.45) is 10.7 Å². The Morgan fingerprint density at radius 3 is 2.92 bits per heavy atom. The highest BCUT2D eigenvalue weighted by atomic mass is 16.5. The summed E-state index contributed by atoms with van der Waals surface area (Å²) in [5, 5.41) is 0. The first-order chi connectivity index (χ1) is 6.27. The fourth-order valence-electron chi connectivity index (χ4n) is 1.56. The smallest absolute Gasteiger partial charge is 0.191 e. The van der Waals surface area contributed by atoms with Gasteiger partial charge in [-0.05, 0) is 19.8 Å². The van der Waals surface area contributed by atoms with Crippen LogP contribution in [0, 0.1) is 0 Å². The average Bonchev–Trinajstić information content (AvgIpc) is 2.65. The molecule has 0 spiro atoms. The number of nitrogens with two attached hydrogens (primary N) is 1. The molecule has 1 aliphatic heterocycles. The van der Waals surface area contributed by atoms with Crippen LogP contribution < -0.4 is 5.73 Å². The molecule has 0 bridgehead atoms. The van der Waals surface area contributed by atoms with Crippen LogP contribution in [0.2, 0.25) is 0 Å². The summed E-state index contributed by atoms with van der Waals surface area (Å²) in [6.07, 6.45) is 2.67. The topological polar surface area (TPSA) is 50.9 Å². The standard InChI is InChI=1S/C9H19N3O/c1-3-12(9(10)11-2)7-8-5-4-6-13-8/h8H,3-7H2,1-2H3,(H2,10,11). The minimum Gasteiger partial charge on any atom is -0.376 e. The molecule has 1 heterocycles. The zero-order valence-corrected chi connectivity index (χ0v) is 8.49. The van der Waals surface area contributed by atoms with Crippen LogP contribution in [0.25, 0.3) is 0 Å². The number of aliphatic imine (C=N–C) groups is 1. The van der Waals surface area contributed by atoms with E-state index in [-0.39, 0.29) is 0 Å². The highest BCUT2D eigenvalue weighted by Crippen LogP contribution is 2.12. The Morgan fingerprint density at radius 2 is 2.46 bits per heavy atom. The number of ether oxygens (including phenoxy) is 1. The van der Waals surface area contributed by atoms with Crippen LogP contribution in [-0.4, -0.2) is 43.7 Å². The Balaban J connectivity index is 2.38. The zero-order valence-electron chi connectivity index (χ0n) is 8.49. The van der Waals surface area contributed by atoms with Crippen molar-refractivity contribution in [2.75, 3.05) is 26.7 Å². The highest BCUT2D eigenvalue weighted by Gasteiger charge is 2.18. The lowest BCUT2D eigenvalue weighted by atomic mass is 10.2. The number of rotatable bonds is 3. The third-order valence-corrected chi connectivity index (χ3v) is 2.38. The molecule has 1 unspecified atom stereocenters. The summed E-state index contributed by atoms with van der Waals surface area (Å²) in [5.74, 6) is 0.609. The summed E-state index contributed by atoms with van der Waals surface area (Å²) in [6.45, 7) is 4.74. The van der Waals surface area contributed by atoms with Crippen LogP contribution in [0.15, 0.2) is 4.99 Å². The van der Waals surface area contributed by atoms with E-state index in [1.807, 2.05) is 0 Å². The van der Waals surface area contributed by atoms with Gasteiger partial charge in [0.05, 0.1) is 6.10 Å². The van der Waals surface area contributed by atoms with Crippen molar-refractivity contribution in [2.45, 2.75) is 25.9 Å². The third-order valence-electron chi connectivity index (χ3n) is 2.38. The molecular weight excluding hydrogens is 166 g/mol. The molecular formula is C9H19N3O. The SMILES string of the molecule is CCN(CC1CCCO1)C(N)=NC. The fraction of sp³-hybridized carbons (Fsp3) is 0.889. The molecule has 1 rings (SSSR count). The lowest BCUT2D eigenvalue weighted by molar-refractivity contribution is 0.0920. The van der Waals surface area contributed by atoms with Crippen LogP contribution in [0.3, 0.4) is 0 Å². The first-order valence-corrected chi connectivity index (χ1v) is 4.86. The van der Waals surface area contributed by atoms with Crippen molar-refractivity contribution < 1.29 is 4.74 Å². The summed E-state index contributed by atoms with van der Waals surface area (Å²) in [7, 11) is 1.72. The highest BCUT2D eigenvalue weighted by molar-refractivity contribution is 5.77. The van der Waals surface area contributed by atoms with Crippen molar-refractivity contribution in [3.63, 3.8) is 0 Å². The van der Waals surface area contributed by atoms with E-state index in [9.17, 15) is 0 Å². The molecule has 0 aromatic carbocycles. The Bertz CT molecular complexity index is 176. The van der Waals surface area contributed by atoms with Gasteiger partial charge in [0, 0.05) is 26.7 Å². The lowest BCUT2D eigenvalue weighted by Gasteiger charge is -2.24. The Hall–Kier alpha value is -0.770. The van der Waals surface area contributed by atoms with E-state index in [0.29, 0.717) is 12.1 Å². The Labute approximate surface area is 79.8 Å². The van der Waals surface area contributed by atoms with Gasteiger partial charge in [-0.1, -0.05) is 0 Å². The van der Waals surface area contributed by atoms with E-state index >= 15 is 0 Å². The van der Waals surface area contributed by atoms with Gasteiger partial charge in [-0.2, -0.15) is 0 Å². The van der Waals surface area contributed by atoms with E-state index in [4.69, 9.17) is 10.5 Å². The van der Waals surface area contributed by atoms with Crippen LogP contribution >= 0.6 is 0 Å². The molecule has 0 aromatic heterocycles. The summed E-state index contributed by atoms with van der Waals surface area (Å²) in [4.78, 5) is 6.02. The second kappa shape index (κ2) is 5.07. The van der Waals surface area contributed by atoms with Crippen LogP contribution in [0.1, 0.15) is 19.8 Å². The van der Waals surface area contributed by atoms with Crippen LogP contribution in [0.4, 0.5) is 0 Å². The second-order valence-corrected chi connectivity index (χ2v) is 3.26. The molecule has 1 fully saturated rings. The fourth-order valence-corrected chi connectivity index (χ4v) is 1.56. The molecule has 13 heavy (non-hydrogen) atoms. The van der Waals surface area contributed by atoms with E-state index in [1.54, 1.807) is 7.05 Å². The summed E-state index contributed by atoms with van der Waals surface area (Å²) >= 11 is 0. The van der Waals surface area contributed by atoms with Gasteiger partial charge < -0.3 is 15.4 Å². The van der Waals surface area contributed by atoms with Crippen molar-refractivity contribution >= 4 is 5.96 Å². The normalized spacial score (nSPS) is 23.5. The molecule has 0 aromatic rings. The number of guanidine groups is 1. The number of likely N-dealkylation sites (N-methyl/N-ethyl adjacent to an activating group) is 1. The molecule has 1 saturated heterocycles. The third kappa shape index (κ3) is 2.88. The number of hydrogen-bond donors (Lipinski definition) is 1. The maximum absolute atomic E-state index is 5.73. The van der Waals surface area contributed by atoms with Gasteiger partial charge in [-0.3, -0.25) is 4.99 Å². The number of hydrogen-bond acceptors (Lipinski definition) is 2. The van der Waals surface area contributed by atoms with Gasteiger partial charge in [0.1, 0.15) is 0 Å². The summed E-state index contributed by atoms with van der Waals surface area (Å²) < 4.78 is 5.53. The van der Waals surface area contributed by atoms with E-state index in [0.717, 1.165) is 26.1 Å². The maximum Gasteiger partial charge on any atom is 0.191 e. The van der Waals surface area contributed by atoms with Gasteiger partial charge in [0.15, 0.2) is 5.96 Å². The minimum absolute atomic E-state index is 0.347. The Kier molecular flexibility index (Phi) is 4.02.